The number of halogens is 1. The third kappa shape index (κ3) is 5.26. The summed E-state index contributed by atoms with van der Waals surface area (Å²) < 4.78 is 18.6. The zero-order chi connectivity index (χ0) is 15.1. The molecule has 110 valence electrons. The van der Waals surface area contributed by atoms with Crippen LogP contribution >= 0.6 is 0 Å². The van der Waals surface area contributed by atoms with Crippen LogP contribution in [0.2, 0.25) is 0 Å². The van der Waals surface area contributed by atoms with Crippen LogP contribution in [0.4, 0.5) is 4.39 Å². The van der Waals surface area contributed by atoms with Gasteiger partial charge in [0, 0.05) is 6.42 Å². The number of carboxylic acids is 1. The molecule has 0 aliphatic carbocycles. The van der Waals surface area contributed by atoms with Gasteiger partial charge in [-0.15, -0.1) is 0 Å². The molecule has 0 saturated heterocycles. The molecule has 2 aromatic rings. The van der Waals surface area contributed by atoms with Crippen LogP contribution in [0, 0.1) is 5.82 Å². The van der Waals surface area contributed by atoms with Gasteiger partial charge in [-0.3, -0.25) is 4.79 Å². The van der Waals surface area contributed by atoms with Crippen molar-refractivity contribution >= 4 is 5.97 Å². The minimum absolute atomic E-state index is 0.178. The summed E-state index contributed by atoms with van der Waals surface area (Å²) in [4.78, 5) is 10.4. The highest BCUT2D eigenvalue weighted by atomic mass is 19.1. The van der Waals surface area contributed by atoms with Gasteiger partial charge < -0.3 is 9.84 Å². The molecule has 0 fully saturated rings. The maximum absolute atomic E-state index is 13.0. The maximum Gasteiger partial charge on any atom is 0.303 e. The molecule has 0 bridgehead atoms. The van der Waals surface area contributed by atoms with Gasteiger partial charge in [-0.2, -0.15) is 0 Å². The standard InChI is InChI=1S/C17H17FO3/c18-15-5-1-4-14(11-15)12-21-16-9-7-13(8-10-16)3-2-6-17(19)20/h1,4-5,7-11H,2-3,6,12H2,(H,19,20). The fraction of sp³-hybridized carbons (Fsp3) is 0.235. The van der Waals surface area contributed by atoms with Crippen molar-refractivity contribution in [1.29, 1.82) is 0 Å². The van der Waals surface area contributed by atoms with E-state index in [1.54, 1.807) is 6.07 Å². The molecule has 0 heterocycles. The summed E-state index contributed by atoms with van der Waals surface area (Å²) >= 11 is 0. The Morgan fingerprint density at radius 3 is 2.52 bits per heavy atom. The molecule has 2 rings (SSSR count). The van der Waals surface area contributed by atoms with Crippen molar-refractivity contribution < 1.29 is 19.0 Å². The van der Waals surface area contributed by atoms with E-state index in [1.165, 1.54) is 12.1 Å². The van der Waals surface area contributed by atoms with Crippen LogP contribution in [0.15, 0.2) is 48.5 Å². The first-order valence-electron chi connectivity index (χ1n) is 6.81. The average Bonchev–Trinajstić information content (AvgIpc) is 2.46. The second-order valence-corrected chi connectivity index (χ2v) is 4.81. The van der Waals surface area contributed by atoms with E-state index in [1.807, 2.05) is 30.3 Å². The molecular weight excluding hydrogens is 271 g/mol. The summed E-state index contributed by atoms with van der Waals surface area (Å²) in [5, 5.41) is 8.59. The maximum atomic E-state index is 13.0. The summed E-state index contributed by atoms with van der Waals surface area (Å²) in [6, 6.07) is 13.8. The van der Waals surface area contributed by atoms with E-state index in [0.717, 1.165) is 17.5 Å². The van der Waals surface area contributed by atoms with Crippen molar-refractivity contribution in [1.82, 2.24) is 0 Å². The fourth-order valence-corrected chi connectivity index (χ4v) is 1.99. The molecule has 0 unspecified atom stereocenters. The van der Waals surface area contributed by atoms with Gasteiger partial charge in [0.1, 0.15) is 18.2 Å². The Morgan fingerprint density at radius 1 is 1.10 bits per heavy atom. The number of benzene rings is 2. The second kappa shape index (κ2) is 7.43. The predicted octanol–water partition coefficient (Wildman–Crippen LogP) is 3.81. The van der Waals surface area contributed by atoms with Gasteiger partial charge in [0.25, 0.3) is 0 Å². The molecule has 0 aliphatic heterocycles. The molecular formula is C17H17FO3. The zero-order valence-electron chi connectivity index (χ0n) is 11.6. The molecule has 3 nitrogen and oxygen atoms in total. The first-order valence-corrected chi connectivity index (χ1v) is 6.81. The Hall–Kier alpha value is -2.36. The quantitative estimate of drug-likeness (QED) is 0.842. The molecule has 4 heteroatoms. The summed E-state index contributed by atoms with van der Waals surface area (Å²) in [6.07, 6.45) is 1.53. The Morgan fingerprint density at radius 2 is 1.86 bits per heavy atom. The Labute approximate surface area is 123 Å². The highest BCUT2D eigenvalue weighted by Gasteiger charge is 2.00. The first kappa shape index (κ1) is 15.0. The van der Waals surface area contributed by atoms with Crippen molar-refractivity contribution in [3.05, 3.63) is 65.5 Å². The molecule has 0 aromatic heterocycles. The van der Waals surface area contributed by atoms with Crippen molar-refractivity contribution in [2.45, 2.75) is 25.9 Å². The van der Waals surface area contributed by atoms with E-state index in [0.29, 0.717) is 18.8 Å². The Kier molecular flexibility index (Phi) is 5.32. The third-order valence-electron chi connectivity index (χ3n) is 3.07. The van der Waals surface area contributed by atoms with E-state index in [2.05, 4.69) is 0 Å². The van der Waals surface area contributed by atoms with E-state index < -0.39 is 5.97 Å². The fourth-order valence-electron chi connectivity index (χ4n) is 1.99. The van der Waals surface area contributed by atoms with E-state index in [9.17, 15) is 9.18 Å². The Bertz CT molecular complexity index is 593. The van der Waals surface area contributed by atoms with Gasteiger partial charge in [0.05, 0.1) is 0 Å². The molecule has 0 spiro atoms. The summed E-state index contributed by atoms with van der Waals surface area (Å²) in [7, 11) is 0. The smallest absolute Gasteiger partial charge is 0.303 e. The molecule has 0 amide bonds. The largest absolute Gasteiger partial charge is 0.489 e. The lowest BCUT2D eigenvalue weighted by molar-refractivity contribution is -0.137. The average molecular weight is 288 g/mol. The number of aryl methyl sites for hydroxylation is 1. The van der Waals surface area contributed by atoms with Crippen molar-refractivity contribution in [2.24, 2.45) is 0 Å². The van der Waals surface area contributed by atoms with E-state index in [-0.39, 0.29) is 12.2 Å². The van der Waals surface area contributed by atoms with Gasteiger partial charge in [-0.1, -0.05) is 24.3 Å². The van der Waals surface area contributed by atoms with E-state index in [4.69, 9.17) is 9.84 Å². The topological polar surface area (TPSA) is 46.5 Å². The number of carbonyl (C=O) groups is 1. The van der Waals surface area contributed by atoms with Gasteiger partial charge in [-0.25, -0.2) is 4.39 Å². The molecule has 0 radical (unpaired) electrons. The lowest BCUT2D eigenvalue weighted by Crippen LogP contribution is -1.97. The summed E-state index contributed by atoms with van der Waals surface area (Å²) in [6.45, 7) is 0.316. The molecule has 1 N–H and O–H groups in total. The number of carboxylic acid groups (broad SMARTS) is 1. The van der Waals surface area contributed by atoms with Crippen molar-refractivity contribution in [2.75, 3.05) is 0 Å². The molecule has 2 aromatic carbocycles. The van der Waals surface area contributed by atoms with Gasteiger partial charge in [-0.05, 0) is 48.2 Å². The van der Waals surface area contributed by atoms with Crippen molar-refractivity contribution in [3.63, 3.8) is 0 Å². The van der Waals surface area contributed by atoms with Crippen LogP contribution in [0.5, 0.6) is 5.75 Å². The van der Waals surface area contributed by atoms with Crippen molar-refractivity contribution in [3.8, 4) is 5.75 Å². The summed E-state index contributed by atoms with van der Waals surface area (Å²) in [5.74, 6) is -0.337. The molecule has 0 aliphatic rings. The van der Waals surface area contributed by atoms with E-state index >= 15 is 0 Å². The number of hydrogen-bond acceptors (Lipinski definition) is 2. The van der Waals surface area contributed by atoms with Crippen LogP contribution in [0.3, 0.4) is 0 Å². The number of ether oxygens (including phenoxy) is 1. The SMILES string of the molecule is O=C(O)CCCc1ccc(OCc2cccc(F)c2)cc1. The minimum atomic E-state index is -0.773. The minimum Gasteiger partial charge on any atom is -0.489 e. The number of aliphatic carboxylic acids is 1. The summed E-state index contributed by atoms with van der Waals surface area (Å²) in [5.41, 5.74) is 1.86. The van der Waals surface area contributed by atoms with Crippen LogP contribution < -0.4 is 4.74 Å². The molecule has 0 saturated carbocycles. The molecule has 0 atom stereocenters. The monoisotopic (exact) mass is 288 g/mol. The van der Waals surface area contributed by atoms with Crippen LogP contribution in [-0.4, -0.2) is 11.1 Å². The second-order valence-electron chi connectivity index (χ2n) is 4.81. The number of rotatable bonds is 7. The Balaban J connectivity index is 1.83. The first-order chi connectivity index (χ1) is 10.1. The third-order valence-corrected chi connectivity index (χ3v) is 3.07. The van der Waals surface area contributed by atoms with Crippen LogP contribution in [-0.2, 0) is 17.8 Å². The van der Waals surface area contributed by atoms with Gasteiger partial charge in [0.15, 0.2) is 0 Å². The van der Waals surface area contributed by atoms with Gasteiger partial charge >= 0.3 is 5.97 Å². The zero-order valence-corrected chi connectivity index (χ0v) is 11.6. The number of hydrogen-bond donors (Lipinski definition) is 1. The highest BCUT2D eigenvalue weighted by molar-refractivity contribution is 5.66. The normalized spacial score (nSPS) is 10.3. The predicted molar refractivity (Wildman–Crippen MR) is 77.7 cm³/mol. The van der Waals surface area contributed by atoms with Crippen LogP contribution in [0.1, 0.15) is 24.0 Å². The molecule has 21 heavy (non-hydrogen) atoms. The highest BCUT2D eigenvalue weighted by Crippen LogP contribution is 2.16. The lowest BCUT2D eigenvalue weighted by atomic mass is 10.1. The van der Waals surface area contributed by atoms with Gasteiger partial charge in [0.2, 0.25) is 0 Å². The van der Waals surface area contributed by atoms with Crippen LogP contribution in [0.25, 0.3) is 0 Å². The lowest BCUT2D eigenvalue weighted by Gasteiger charge is -2.07.